The number of amides is 2. The lowest BCUT2D eigenvalue weighted by atomic mass is 10.1. The summed E-state index contributed by atoms with van der Waals surface area (Å²) in [6.45, 7) is 6.77. The second-order valence-corrected chi connectivity index (χ2v) is 9.07. The lowest BCUT2D eigenvalue weighted by Crippen LogP contribution is -2.48. The number of aromatic nitrogens is 2. The number of nitrogens with zero attached hydrogens (tertiary/aromatic N) is 5. The maximum absolute atomic E-state index is 13.1. The van der Waals surface area contributed by atoms with E-state index in [1.165, 1.54) is 5.56 Å². The van der Waals surface area contributed by atoms with Crippen LogP contribution in [0.25, 0.3) is 11.4 Å². The molecule has 0 spiro atoms. The van der Waals surface area contributed by atoms with E-state index in [-0.39, 0.29) is 11.8 Å². The number of likely N-dealkylation sites (tertiary alicyclic amines) is 1. The molecule has 3 aromatic rings. The Hall–Kier alpha value is -3.52. The third-order valence-corrected chi connectivity index (χ3v) is 6.51. The summed E-state index contributed by atoms with van der Waals surface area (Å²) in [7, 11) is 0. The van der Waals surface area contributed by atoms with Crippen LogP contribution >= 0.6 is 0 Å². The zero-order valence-electron chi connectivity index (χ0n) is 19.4. The van der Waals surface area contributed by atoms with Gasteiger partial charge in [0.05, 0.1) is 6.54 Å². The number of benzene rings is 2. The van der Waals surface area contributed by atoms with Crippen molar-refractivity contribution in [2.24, 2.45) is 0 Å². The predicted octanol–water partition coefficient (Wildman–Crippen LogP) is 3.13. The molecule has 0 saturated carbocycles. The number of hydrogen-bond acceptors (Lipinski definition) is 6. The first-order valence-electron chi connectivity index (χ1n) is 11.8. The van der Waals surface area contributed by atoms with Gasteiger partial charge in [0.15, 0.2) is 0 Å². The molecule has 8 nitrogen and oxygen atoms in total. The molecule has 2 aliphatic rings. The minimum absolute atomic E-state index is 0.0358. The summed E-state index contributed by atoms with van der Waals surface area (Å²) in [5.74, 6) is 1.41. The second-order valence-electron chi connectivity index (χ2n) is 9.07. The van der Waals surface area contributed by atoms with Gasteiger partial charge in [-0.15, -0.1) is 0 Å². The molecule has 0 radical (unpaired) electrons. The van der Waals surface area contributed by atoms with E-state index < -0.39 is 0 Å². The van der Waals surface area contributed by atoms with Gasteiger partial charge in [0.2, 0.25) is 17.6 Å². The van der Waals surface area contributed by atoms with Gasteiger partial charge in [-0.2, -0.15) is 4.98 Å². The Bertz CT molecular complexity index is 1170. The molecule has 2 aromatic carbocycles. The second kappa shape index (κ2) is 9.77. The molecule has 0 unspecified atom stereocenters. The highest BCUT2D eigenvalue weighted by molar-refractivity contribution is 5.94. The Balaban J connectivity index is 1.15. The molecule has 2 aliphatic heterocycles. The topological polar surface area (TPSA) is 82.8 Å². The van der Waals surface area contributed by atoms with E-state index in [0.717, 1.165) is 37.2 Å². The van der Waals surface area contributed by atoms with Crippen LogP contribution in [0.5, 0.6) is 0 Å². The SMILES string of the molecule is Cc1ccc(-c2noc(CN3CCN(C(=O)c4cccc(CN5CCCC5=O)c4)CC3)n2)cc1. The number of hydrogen-bond donors (Lipinski definition) is 0. The van der Waals surface area contributed by atoms with Gasteiger partial charge >= 0.3 is 0 Å². The Labute approximate surface area is 199 Å². The highest BCUT2D eigenvalue weighted by Crippen LogP contribution is 2.19. The predicted molar refractivity (Wildman–Crippen MR) is 127 cm³/mol. The summed E-state index contributed by atoms with van der Waals surface area (Å²) in [4.78, 5) is 35.5. The zero-order chi connectivity index (χ0) is 23.5. The van der Waals surface area contributed by atoms with Crippen molar-refractivity contribution in [3.8, 4) is 11.4 Å². The van der Waals surface area contributed by atoms with Gasteiger partial charge in [-0.05, 0) is 31.0 Å². The fraction of sp³-hybridized carbons (Fsp3) is 0.385. The van der Waals surface area contributed by atoms with E-state index in [1.807, 2.05) is 65.3 Å². The molecule has 2 saturated heterocycles. The first-order chi connectivity index (χ1) is 16.5. The van der Waals surface area contributed by atoms with Crippen LogP contribution in [0.1, 0.15) is 40.2 Å². The van der Waals surface area contributed by atoms with Crippen molar-refractivity contribution in [1.29, 1.82) is 0 Å². The van der Waals surface area contributed by atoms with Crippen molar-refractivity contribution in [3.05, 3.63) is 71.1 Å². The molecule has 1 aromatic heterocycles. The largest absolute Gasteiger partial charge is 0.338 e. The van der Waals surface area contributed by atoms with Crippen molar-refractivity contribution in [2.45, 2.75) is 32.9 Å². The van der Waals surface area contributed by atoms with Crippen LogP contribution in [0.3, 0.4) is 0 Å². The van der Waals surface area contributed by atoms with Crippen LogP contribution in [0, 0.1) is 6.92 Å². The fourth-order valence-electron chi connectivity index (χ4n) is 4.52. The average molecular weight is 460 g/mol. The number of aryl methyl sites for hydroxylation is 1. The molecular formula is C26H29N5O3. The number of piperazine rings is 1. The van der Waals surface area contributed by atoms with Crippen LogP contribution in [0.2, 0.25) is 0 Å². The molecular weight excluding hydrogens is 430 g/mol. The normalized spacial score (nSPS) is 16.9. The lowest BCUT2D eigenvalue weighted by Gasteiger charge is -2.34. The first-order valence-corrected chi connectivity index (χ1v) is 11.8. The van der Waals surface area contributed by atoms with Crippen molar-refractivity contribution in [3.63, 3.8) is 0 Å². The smallest absolute Gasteiger partial charge is 0.253 e. The van der Waals surface area contributed by atoms with Gasteiger partial charge in [0, 0.05) is 56.8 Å². The number of carbonyl (C=O) groups is 2. The molecule has 5 rings (SSSR count). The molecule has 0 N–H and O–H groups in total. The Morgan fingerprint density at radius 3 is 2.53 bits per heavy atom. The Morgan fingerprint density at radius 2 is 1.79 bits per heavy atom. The molecule has 2 fully saturated rings. The molecule has 176 valence electrons. The van der Waals surface area contributed by atoms with E-state index in [1.54, 1.807) is 0 Å². The lowest BCUT2D eigenvalue weighted by molar-refractivity contribution is -0.128. The van der Waals surface area contributed by atoms with Gasteiger partial charge in [-0.1, -0.05) is 47.1 Å². The highest BCUT2D eigenvalue weighted by atomic mass is 16.5. The maximum Gasteiger partial charge on any atom is 0.253 e. The molecule has 0 atom stereocenters. The summed E-state index contributed by atoms with van der Waals surface area (Å²) in [6.07, 6.45) is 1.54. The van der Waals surface area contributed by atoms with Gasteiger partial charge in [-0.25, -0.2) is 0 Å². The van der Waals surface area contributed by atoms with Crippen LogP contribution < -0.4 is 0 Å². The van der Waals surface area contributed by atoms with E-state index in [9.17, 15) is 9.59 Å². The van der Waals surface area contributed by atoms with Crippen molar-refractivity contribution >= 4 is 11.8 Å². The maximum atomic E-state index is 13.1. The van der Waals surface area contributed by atoms with Crippen molar-refractivity contribution in [2.75, 3.05) is 32.7 Å². The molecule has 8 heteroatoms. The number of carbonyl (C=O) groups excluding carboxylic acids is 2. The Morgan fingerprint density at radius 1 is 1.00 bits per heavy atom. The van der Waals surface area contributed by atoms with E-state index in [0.29, 0.717) is 49.9 Å². The first kappa shape index (κ1) is 22.3. The van der Waals surface area contributed by atoms with Crippen LogP contribution in [0.4, 0.5) is 0 Å². The van der Waals surface area contributed by atoms with Crippen LogP contribution in [-0.4, -0.2) is 69.4 Å². The van der Waals surface area contributed by atoms with Gasteiger partial charge in [0.1, 0.15) is 0 Å². The highest BCUT2D eigenvalue weighted by Gasteiger charge is 2.24. The zero-order valence-corrected chi connectivity index (χ0v) is 19.4. The quantitative estimate of drug-likeness (QED) is 0.563. The van der Waals surface area contributed by atoms with Gasteiger partial charge in [0.25, 0.3) is 5.91 Å². The van der Waals surface area contributed by atoms with Gasteiger partial charge < -0.3 is 14.3 Å². The van der Waals surface area contributed by atoms with Crippen LogP contribution in [0.15, 0.2) is 53.1 Å². The summed E-state index contributed by atoms with van der Waals surface area (Å²) >= 11 is 0. The third kappa shape index (κ3) is 5.02. The molecule has 0 bridgehead atoms. The summed E-state index contributed by atoms with van der Waals surface area (Å²) in [5.41, 5.74) is 3.80. The van der Waals surface area contributed by atoms with Crippen molar-refractivity contribution in [1.82, 2.24) is 24.8 Å². The molecule has 2 amide bonds. The molecule has 34 heavy (non-hydrogen) atoms. The van der Waals surface area contributed by atoms with Crippen LogP contribution in [-0.2, 0) is 17.9 Å². The minimum atomic E-state index is 0.0358. The summed E-state index contributed by atoms with van der Waals surface area (Å²) in [5, 5.41) is 4.11. The van der Waals surface area contributed by atoms with E-state index >= 15 is 0 Å². The molecule has 0 aliphatic carbocycles. The standard InChI is InChI=1S/C26H29N5O3/c1-19-7-9-21(10-8-19)25-27-23(34-28-25)18-29-12-14-30(15-13-29)26(33)22-5-2-4-20(16-22)17-31-11-3-6-24(31)32/h2,4-5,7-10,16H,3,6,11-15,17-18H2,1H3. The molecule has 3 heterocycles. The summed E-state index contributed by atoms with van der Waals surface area (Å²) < 4.78 is 5.46. The fourth-order valence-corrected chi connectivity index (χ4v) is 4.52. The number of rotatable bonds is 6. The third-order valence-electron chi connectivity index (χ3n) is 6.51. The van der Waals surface area contributed by atoms with Gasteiger partial charge in [-0.3, -0.25) is 14.5 Å². The van der Waals surface area contributed by atoms with E-state index in [2.05, 4.69) is 15.0 Å². The van der Waals surface area contributed by atoms with E-state index in [4.69, 9.17) is 4.52 Å². The van der Waals surface area contributed by atoms with Crippen molar-refractivity contribution < 1.29 is 14.1 Å². The Kier molecular flexibility index (Phi) is 6.40. The minimum Gasteiger partial charge on any atom is -0.338 e. The monoisotopic (exact) mass is 459 g/mol. The summed E-state index contributed by atoms with van der Waals surface area (Å²) in [6, 6.07) is 15.7. The average Bonchev–Trinajstić information content (AvgIpc) is 3.49.